The van der Waals surface area contributed by atoms with Gasteiger partial charge in [-0.2, -0.15) is 0 Å². The summed E-state index contributed by atoms with van der Waals surface area (Å²) >= 11 is 6.75. The van der Waals surface area contributed by atoms with E-state index in [4.69, 9.17) is 40.0 Å². The van der Waals surface area contributed by atoms with Crippen molar-refractivity contribution in [2.45, 2.75) is 142 Å². The number of benzene rings is 6. The summed E-state index contributed by atoms with van der Waals surface area (Å²) in [5, 5.41) is 1.29. The van der Waals surface area contributed by atoms with Gasteiger partial charge in [0.2, 0.25) is 0 Å². The van der Waals surface area contributed by atoms with E-state index in [0.717, 1.165) is 31.4 Å². The molecular formula is C62H71ClO10. The highest BCUT2D eigenvalue weighted by atomic mass is 35.5. The van der Waals surface area contributed by atoms with Crippen LogP contribution < -0.4 is 28.4 Å². The first-order valence-corrected chi connectivity index (χ1v) is 26.9. The van der Waals surface area contributed by atoms with Gasteiger partial charge in [0.15, 0.2) is 0 Å². The molecule has 0 amide bonds. The van der Waals surface area contributed by atoms with E-state index in [1.54, 1.807) is 78.9 Å². The van der Waals surface area contributed by atoms with Crippen LogP contribution in [-0.4, -0.2) is 37.1 Å². The van der Waals surface area contributed by atoms with Crippen LogP contribution in [-0.2, 0) is 0 Å². The Morgan fingerprint density at radius 3 is 1.05 bits per heavy atom. The van der Waals surface area contributed by atoms with Gasteiger partial charge in [0.05, 0.1) is 40.5 Å². The Hall–Kier alpha value is -6.65. The highest BCUT2D eigenvalue weighted by Gasteiger charge is 2.18. The molecule has 6 aromatic rings. The number of ether oxygens (including phenoxy) is 6. The van der Waals surface area contributed by atoms with Crippen LogP contribution in [0.4, 0.5) is 0 Å². The summed E-state index contributed by atoms with van der Waals surface area (Å²) in [7, 11) is 0. The van der Waals surface area contributed by atoms with Crippen molar-refractivity contribution in [3.8, 4) is 34.5 Å². The van der Waals surface area contributed by atoms with Crippen LogP contribution in [0.2, 0.25) is 5.02 Å². The van der Waals surface area contributed by atoms with Crippen molar-refractivity contribution in [1.29, 1.82) is 0 Å². The minimum Gasteiger partial charge on any atom is -0.494 e. The second kappa shape index (κ2) is 31.1. The van der Waals surface area contributed by atoms with E-state index in [2.05, 4.69) is 13.8 Å². The summed E-state index contributed by atoms with van der Waals surface area (Å²) in [6, 6.07) is 34.0. The fourth-order valence-corrected chi connectivity index (χ4v) is 8.56. The molecule has 6 aromatic carbocycles. The lowest BCUT2D eigenvalue weighted by Crippen LogP contribution is -2.11. The molecule has 0 spiro atoms. The second-order valence-electron chi connectivity index (χ2n) is 18.5. The van der Waals surface area contributed by atoms with Crippen molar-refractivity contribution in [2.24, 2.45) is 0 Å². The van der Waals surface area contributed by atoms with Gasteiger partial charge in [-0.3, -0.25) is 0 Å². The van der Waals surface area contributed by atoms with E-state index in [-0.39, 0.29) is 39.0 Å². The van der Waals surface area contributed by atoms with Gasteiger partial charge in [0.1, 0.15) is 34.5 Å². The van der Waals surface area contributed by atoms with E-state index in [1.807, 2.05) is 0 Å². The molecule has 10 nitrogen and oxygen atoms in total. The molecule has 73 heavy (non-hydrogen) atoms. The Kier molecular flexibility index (Phi) is 23.7. The molecule has 386 valence electrons. The van der Waals surface area contributed by atoms with Crippen LogP contribution in [0.1, 0.15) is 184 Å². The number of hydrogen-bond acceptors (Lipinski definition) is 10. The zero-order valence-electron chi connectivity index (χ0n) is 42.6. The monoisotopic (exact) mass is 1010 g/mol. The number of esters is 4. The van der Waals surface area contributed by atoms with E-state index < -0.39 is 23.9 Å². The number of carbonyl (C=O) groups is 4. The molecular weight excluding hydrogens is 940 g/mol. The van der Waals surface area contributed by atoms with E-state index in [0.29, 0.717) is 41.0 Å². The predicted molar refractivity (Wildman–Crippen MR) is 289 cm³/mol. The third-order valence-electron chi connectivity index (χ3n) is 12.6. The summed E-state index contributed by atoms with van der Waals surface area (Å²) in [4.78, 5) is 52.3. The third kappa shape index (κ3) is 19.0. The number of unbranched alkanes of at least 4 members (excludes halogenated alkanes) is 18. The van der Waals surface area contributed by atoms with Crippen molar-refractivity contribution >= 4 is 46.3 Å². The third-order valence-corrected chi connectivity index (χ3v) is 13.0. The Balaban J connectivity index is 0.908. The summed E-state index contributed by atoms with van der Waals surface area (Å²) in [5.74, 6) is -0.0999. The maximum atomic E-state index is 13.3. The van der Waals surface area contributed by atoms with Crippen LogP contribution in [0.5, 0.6) is 34.5 Å². The molecule has 0 heterocycles. The molecule has 6 rings (SSSR count). The van der Waals surface area contributed by atoms with Gasteiger partial charge in [-0.05, 0) is 133 Å². The quantitative estimate of drug-likeness (QED) is 0.0229. The maximum Gasteiger partial charge on any atom is 0.343 e. The molecule has 0 aliphatic rings. The lowest BCUT2D eigenvalue weighted by molar-refractivity contribution is 0.0719. The largest absolute Gasteiger partial charge is 0.494 e. The Morgan fingerprint density at radius 1 is 0.342 bits per heavy atom. The first-order chi connectivity index (χ1) is 35.7. The summed E-state index contributed by atoms with van der Waals surface area (Å²) < 4.78 is 34.2. The Bertz CT molecular complexity index is 2630. The van der Waals surface area contributed by atoms with Gasteiger partial charge < -0.3 is 28.4 Å². The predicted octanol–water partition coefficient (Wildman–Crippen LogP) is 17.0. The fraction of sp³-hybridized carbons (Fsp3) is 0.387. The minimum absolute atomic E-state index is 0.0856. The summed E-state index contributed by atoms with van der Waals surface area (Å²) in [5.41, 5.74) is 1.04. The van der Waals surface area contributed by atoms with Crippen LogP contribution >= 0.6 is 11.6 Å². The van der Waals surface area contributed by atoms with Crippen LogP contribution in [0, 0.1) is 0 Å². The molecule has 0 bridgehead atoms. The molecule has 0 aromatic heterocycles. The minimum atomic E-state index is -0.687. The lowest BCUT2D eigenvalue weighted by Gasteiger charge is -2.11. The van der Waals surface area contributed by atoms with E-state index in [9.17, 15) is 19.2 Å². The number of hydrogen-bond donors (Lipinski definition) is 0. The van der Waals surface area contributed by atoms with Crippen LogP contribution in [0.25, 0.3) is 10.8 Å². The molecule has 0 radical (unpaired) electrons. The smallest absolute Gasteiger partial charge is 0.343 e. The van der Waals surface area contributed by atoms with E-state index >= 15 is 0 Å². The molecule has 0 N–H and O–H groups in total. The molecule has 0 fully saturated rings. The fourth-order valence-electron chi connectivity index (χ4n) is 8.29. The molecule has 0 unspecified atom stereocenters. The van der Waals surface area contributed by atoms with Crippen molar-refractivity contribution in [3.05, 3.63) is 155 Å². The second-order valence-corrected chi connectivity index (χ2v) is 18.9. The van der Waals surface area contributed by atoms with Gasteiger partial charge in [0, 0.05) is 5.39 Å². The number of fused-ring (bicyclic) bond motifs is 1. The summed E-state index contributed by atoms with van der Waals surface area (Å²) in [6.07, 6.45) is 25.2. The number of halogens is 1. The molecule has 0 aliphatic carbocycles. The topological polar surface area (TPSA) is 124 Å². The molecule has 11 heteroatoms. The molecule has 0 aliphatic heterocycles. The molecule has 0 saturated carbocycles. The first kappa shape index (κ1) is 55.7. The van der Waals surface area contributed by atoms with Gasteiger partial charge in [-0.15, -0.1) is 0 Å². The van der Waals surface area contributed by atoms with Gasteiger partial charge in [0.25, 0.3) is 0 Å². The van der Waals surface area contributed by atoms with Gasteiger partial charge in [-0.25, -0.2) is 19.2 Å². The van der Waals surface area contributed by atoms with E-state index in [1.165, 1.54) is 151 Å². The Morgan fingerprint density at radius 2 is 0.644 bits per heavy atom. The van der Waals surface area contributed by atoms with Crippen molar-refractivity contribution in [1.82, 2.24) is 0 Å². The van der Waals surface area contributed by atoms with Crippen molar-refractivity contribution in [2.75, 3.05) is 13.2 Å². The van der Waals surface area contributed by atoms with Crippen LogP contribution in [0.3, 0.4) is 0 Å². The van der Waals surface area contributed by atoms with Crippen LogP contribution in [0.15, 0.2) is 127 Å². The number of carbonyl (C=O) groups excluding carboxylic acids is 4. The molecule has 0 saturated heterocycles. The standard InChI is InChI=1S/C62H71ClO10/c1-3-5-7-9-11-13-15-17-19-21-43-68-51-32-25-47(26-33-51)59(64)70-53-36-29-49(30-37-53)61(66)73-57-42-31-46-23-24-50(45-56(46)58(57)63)62(67)72-54-34-27-48(28-35-54)60(65)71-55-40-38-52(39-41-55)69-44-22-20-18-16-14-12-10-8-6-4-2/h23-42,45H,3-22,43-44H2,1-2H3. The lowest BCUT2D eigenvalue weighted by atomic mass is 10.1. The normalized spacial score (nSPS) is 11.0. The average molecular weight is 1010 g/mol. The Labute approximate surface area is 436 Å². The SMILES string of the molecule is CCCCCCCCCCCCOc1ccc(OC(=O)c2ccc(OC(=O)c3ccc4ccc(OC(=O)c5ccc(OC(=O)c6ccc(OCCCCCCCCCCCC)cc6)cc5)c(Cl)c4c3)cc2)cc1. The summed E-state index contributed by atoms with van der Waals surface area (Å²) in [6.45, 7) is 5.77. The van der Waals surface area contributed by atoms with Crippen molar-refractivity contribution in [3.63, 3.8) is 0 Å². The van der Waals surface area contributed by atoms with Gasteiger partial charge in [-0.1, -0.05) is 153 Å². The highest BCUT2D eigenvalue weighted by molar-refractivity contribution is 6.37. The number of rotatable bonds is 32. The zero-order chi connectivity index (χ0) is 51.5. The van der Waals surface area contributed by atoms with Gasteiger partial charge >= 0.3 is 23.9 Å². The average Bonchev–Trinajstić information content (AvgIpc) is 3.41. The molecule has 0 atom stereocenters. The first-order valence-electron chi connectivity index (χ1n) is 26.5. The highest BCUT2D eigenvalue weighted by Crippen LogP contribution is 2.34. The van der Waals surface area contributed by atoms with Crippen molar-refractivity contribution < 1.29 is 47.6 Å². The zero-order valence-corrected chi connectivity index (χ0v) is 43.4. The maximum absolute atomic E-state index is 13.3.